The van der Waals surface area contributed by atoms with Gasteiger partial charge in [-0.15, -0.1) is 0 Å². The predicted molar refractivity (Wildman–Crippen MR) is 139 cm³/mol. The lowest BCUT2D eigenvalue weighted by Crippen LogP contribution is -1.95. The van der Waals surface area contributed by atoms with Crippen molar-refractivity contribution in [1.29, 1.82) is 0 Å². The fourth-order valence-corrected chi connectivity index (χ4v) is 5.38. The number of benzene rings is 4. The van der Waals surface area contributed by atoms with E-state index >= 15 is 0 Å². The van der Waals surface area contributed by atoms with Crippen LogP contribution in [0.25, 0.3) is 44.7 Å². The van der Waals surface area contributed by atoms with Crippen molar-refractivity contribution in [3.05, 3.63) is 114 Å². The molecule has 4 aromatic carbocycles. The van der Waals surface area contributed by atoms with Gasteiger partial charge in [0.2, 0.25) is 0 Å². The number of H-pyrrole nitrogens is 2. The summed E-state index contributed by atoms with van der Waals surface area (Å²) in [6, 6.07) is 32.7. The van der Waals surface area contributed by atoms with Crippen molar-refractivity contribution in [3.63, 3.8) is 0 Å². The van der Waals surface area contributed by atoms with Gasteiger partial charge in [0.25, 0.3) is 0 Å². The van der Waals surface area contributed by atoms with Crippen LogP contribution in [0.1, 0.15) is 29.0 Å². The molecule has 0 spiro atoms. The minimum atomic E-state index is 0.501. The monoisotopic (exact) mass is 453 g/mol. The second-order valence-electron chi connectivity index (χ2n) is 9.16. The second-order valence-corrected chi connectivity index (χ2v) is 9.16. The van der Waals surface area contributed by atoms with Crippen molar-refractivity contribution >= 4 is 10.9 Å². The van der Waals surface area contributed by atoms with Gasteiger partial charge < -0.3 is 0 Å². The Kier molecular flexibility index (Phi) is 4.59. The lowest BCUT2D eigenvalue weighted by Gasteiger charge is -2.13. The number of nitrogens with one attached hydrogen (secondary N) is 2. The molecule has 0 radical (unpaired) electrons. The molecule has 0 unspecified atom stereocenters. The van der Waals surface area contributed by atoms with Crippen molar-refractivity contribution < 1.29 is 0 Å². The Hall–Kier alpha value is -4.51. The summed E-state index contributed by atoms with van der Waals surface area (Å²) < 4.78 is 0. The van der Waals surface area contributed by atoms with Crippen LogP contribution in [-0.2, 0) is 6.42 Å². The van der Waals surface area contributed by atoms with Crippen molar-refractivity contribution in [1.82, 2.24) is 25.4 Å². The van der Waals surface area contributed by atoms with E-state index in [2.05, 4.69) is 104 Å². The SMILES string of the molecule is c1cc(-c2ccc([C@H]3CCc4ccccc43)cc2)cc(-c2n[nH]c3ccc(-c4ncn[nH]4)cc23)c1. The molecule has 7 rings (SSSR count). The van der Waals surface area contributed by atoms with E-state index in [9.17, 15) is 0 Å². The molecule has 1 atom stereocenters. The first-order valence-corrected chi connectivity index (χ1v) is 12.0. The maximum atomic E-state index is 4.64. The topological polar surface area (TPSA) is 70.2 Å². The van der Waals surface area contributed by atoms with E-state index < -0.39 is 0 Å². The summed E-state index contributed by atoms with van der Waals surface area (Å²) >= 11 is 0. The zero-order valence-electron chi connectivity index (χ0n) is 19.1. The summed E-state index contributed by atoms with van der Waals surface area (Å²) in [5, 5.41) is 15.8. The van der Waals surface area contributed by atoms with Crippen LogP contribution in [0.2, 0.25) is 0 Å². The quantitative estimate of drug-likeness (QED) is 0.310. The summed E-state index contributed by atoms with van der Waals surface area (Å²) in [6.07, 6.45) is 3.88. The Balaban J connectivity index is 1.22. The van der Waals surface area contributed by atoms with Crippen molar-refractivity contribution in [2.45, 2.75) is 18.8 Å². The van der Waals surface area contributed by atoms with Gasteiger partial charge in [-0.05, 0) is 64.9 Å². The molecule has 2 N–H and O–H groups in total. The molecule has 5 heteroatoms. The number of aryl methyl sites for hydroxylation is 1. The summed E-state index contributed by atoms with van der Waals surface area (Å²) in [6.45, 7) is 0. The van der Waals surface area contributed by atoms with E-state index in [4.69, 9.17) is 0 Å². The fraction of sp³-hybridized carbons (Fsp3) is 0.100. The van der Waals surface area contributed by atoms with Gasteiger partial charge in [0.05, 0.1) is 11.2 Å². The Bertz CT molecular complexity index is 1640. The smallest absolute Gasteiger partial charge is 0.155 e. The number of fused-ring (bicyclic) bond motifs is 2. The fourth-order valence-electron chi connectivity index (χ4n) is 5.38. The van der Waals surface area contributed by atoms with E-state index in [-0.39, 0.29) is 0 Å². The van der Waals surface area contributed by atoms with E-state index in [1.165, 1.54) is 47.0 Å². The first-order valence-electron chi connectivity index (χ1n) is 12.0. The highest BCUT2D eigenvalue weighted by molar-refractivity contribution is 5.95. The molecule has 5 nitrogen and oxygen atoms in total. The Labute approximate surface area is 202 Å². The van der Waals surface area contributed by atoms with E-state index in [0.29, 0.717) is 5.92 Å². The Morgan fingerprint density at radius 1 is 0.714 bits per heavy atom. The lowest BCUT2D eigenvalue weighted by atomic mass is 9.91. The van der Waals surface area contributed by atoms with Crippen LogP contribution >= 0.6 is 0 Å². The number of nitrogens with zero attached hydrogens (tertiary/aromatic N) is 3. The Morgan fingerprint density at radius 2 is 1.57 bits per heavy atom. The summed E-state index contributed by atoms with van der Waals surface area (Å²) in [7, 11) is 0. The molecule has 35 heavy (non-hydrogen) atoms. The molecule has 1 aliphatic carbocycles. The predicted octanol–water partition coefficient (Wildman–Crippen LogP) is 6.76. The van der Waals surface area contributed by atoms with Crippen LogP contribution in [0.15, 0.2) is 97.3 Å². The first kappa shape index (κ1) is 19.9. The van der Waals surface area contributed by atoms with Crippen LogP contribution in [0.3, 0.4) is 0 Å². The number of rotatable bonds is 4. The van der Waals surface area contributed by atoms with Crippen LogP contribution in [-0.4, -0.2) is 25.4 Å². The van der Waals surface area contributed by atoms with Crippen LogP contribution < -0.4 is 0 Å². The van der Waals surface area contributed by atoms with E-state index in [1.807, 2.05) is 12.1 Å². The average Bonchev–Trinajstić information content (AvgIpc) is 3.68. The maximum Gasteiger partial charge on any atom is 0.155 e. The molecule has 1 aliphatic rings. The third-order valence-electron chi connectivity index (χ3n) is 7.17. The third-order valence-corrected chi connectivity index (χ3v) is 7.17. The highest BCUT2D eigenvalue weighted by Crippen LogP contribution is 2.39. The molecule has 0 saturated heterocycles. The largest absolute Gasteiger partial charge is 0.277 e. The van der Waals surface area contributed by atoms with Crippen LogP contribution in [0.5, 0.6) is 0 Å². The number of aromatic amines is 2. The molecule has 0 saturated carbocycles. The van der Waals surface area contributed by atoms with Gasteiger partial charge >= 0.3 is 0 Å². The van der Waals surface area contributed by atoms with Crippen LogP contribution in [0.4, 0.5) is 0 Å². The standard InChI is InChI=1S/C30H23N5/c1-2-7-25-20(4-1)12-14-26(25)21-10-8-19(9-11-21)22-5-3-6-23(16-22)29-27-17-24(30-31-18-32-35-30)13-15-28(27)33-34-29/h1-11,13,15-18,26H,12,14H2,(H,33,34)(H,31,32,35)/t26-/m1/s1. The molecule has 0 aliphatic heterocycles. The molecule has 2 aromatic heterocycles. The van der Waals surface area contributed by atoms with Gasteiger partial charge in [0.1, 0.15) is 6.33 Å². The molecule has 168 valence electrons. The van der Waals surface area contributed by atoms with Gasteiger partial charge in [-0.3, -0.25) is 10.2 Å². The van der Waals surface area contributed by atoms with Gasteiger partial charge in [0, 0.05) is 22.4 Å². The van der Waals surface area contributed by atoms with Crippen molar-refractivity contribution in [2.75, 3.05) is 0 Å². The minimum Gasteiger partial charge on any atom is -0.277 e. The molecular formula is C30H23N5. The van der Waals surface area contributed by atoms with Crippen molar-refractivity contribution in [3.8, 4) is 33.8 Å². The molecule has 0 fully saturated rings. The summed E-state index contributed by atoms with van der Waals surface area (Å²) in [5.74, 6) is 1.25. The minimum absolute atomic E-state index is 0.501. The van der Waals surface area contributed by atoms with Crippen molar-refractivity contribution in [2.24, 2.45) is 0 Å². The number of hydrogen-bond acceptors (Lipinski definition) is 3. The molecule has 6 aromatic rings. The molecule has 2 heterocycles. The third kappa shape index (κ3) is 3.44. The average molecular weight is 454 g/mol. The molecule has 0 amide bonds. The zero-order chi connectivity index (χ0) is 23.2. The zero-order valence-corrected chi connectivity index (χ0v) is 19.1. The van der Waals surface area contributed by atoms with E-state index in [1.54, 1.807) is 0 Å². The van der Waals surface area contributed by atoms with Gasteiger partial charge in [-0.1, -0.05) is 66.7 Å². The normalized spacial score (nSPS) is 14.9. The molecule has 0 bridgehead atoms. The van der Waals surface area contributed by atoms with Gasteiger partial charge in [-0.25, -0.2) is 4.98 Å². The van der Waals surface area contributed by atoms with Gasteiger partial charge in [-0.2, -0.15) is 10.2 Å². The Morgan fingerprint density at radius 3 is 2.46 bits per heavy atom. The van der Waals surface area contributed by atoms with Gasteiger partial charge in [0.15, 0.2) is 5.82 Å². The van der Waals surface area contributed by atoms with Crippen LogP contribution in [0, 0.1) is 0 Å². The highest BCUT2D eigenvalue weighted by atomic mass is 15.2. The maximum absolute atomic E-state index is 4.64. The number of aromatic nitrogens is 5. The number of hydrogen-bond donors (Lipinski definition) is 2. The first-order chi connectivity index (χ1) is 17.3. The highest BCUT2D eigenvalue weighted by Gasteiger charge is 2.23. The summed E-state index contributed by atoms with van der Waals surface area (Å²) in [4.78, 5) is 4.28. The second kappa shape index (κ2) is 8.06. The van der Waals surface area contributed by atoms with E-state index in [0.717, 1.165) is 33.5 Å². The molecular weight excluding hydrogens is 430 g/mol. The lowest BCUT2D eigenvalue weighted by molar-refractivity contribution is 0.788. The summed E-state index contributed by atoms with van der Waals surface area (Å²) in [5.41, 5.74) is 10.8.